The maximum absolute atomic E-state index is 12.6. The van der Waals surface area contributed by atoms with Crippen molar-refractivity contribution in [1.29, 1.82) is 0 Å². The van der Waals surface area contributed by atoms with E-state index < -0.39 is 23.4 Å². The summed E-state index contributed by atoms with van der Waals surface area (Å²) in [4.78, 5) is 19.4. The molecule has 1 aliphatic rings. The summed E-state index contributed by atoms with van der Waals surface area (Å²) in [6.45, 7) is 0.799. The molecule has 9 heteroatoms. The predicted molar refractivity (Wildman–Crippen MR) is 83.9 cm³/mol. The van der Waals surface area contributed by atoms with Gasteiger partial charge in [-0.1, -0.05) is 12.1 Å². The van der Waals surface area contributed by atoms with E-state index >= 15 is 0 Å². The number of rotatable bonds is 5. The number of carboxylic acid groups (broad SMARTS) is 1. The number of carbonyl (C=O) groups is 1. The van der Waals surface area contributed by atoms with Gasteiger partial charge in [0.2, 0.25) is 11.6 Å². The largest absolute Gasteiger partial charge is 0.476 e. The second-order valence-electron chi connectivity index (χ2n) is 5.74. The van der Waals surface area contributed by atoms with Crippen LogP contribution in [0, 0.1) is 0 Å². The highest BCUT2D eigenvalue weighted by Crippen LogP contribution is 2.31. The van der Waals surface area contributed by atoms with E-state index in [1.165, 1.54) is 18.3 Å². The topological polar surface area (TPSA) is 81.5 Å². The summed E-state index contributed by atoms with van der Waals surface area (Å²) in [6, 6.07) is 4.23. The van der Waals surface area contributed by atoms with Crippen molar-refractivity contribution < 1.29 is 32.5 Å². The van der Waals surface area contributed by atoms with Gasteiger partial charge in [-0.05, 0) is 25.0 Å². The van der Waals surface area contributed by atoms with Crippen LogP contribution in [-0.2, 0) is 10.9 Å². The quantitative estimate of drug-likeness (QED) is 0.871. The molecule has 1 saturated heterocycles. The first-order chi connectivity index (χ1) is 12.3. The molecule has 2 aromatic rings. The van der Waals surface area contributed by atoms with Crippen molar-refractivity contribution in [1.82, 2.24) is 9.97 Å². The zero-order chi connectivity index (χ0) is 18.7. The second-order valence-corrected chi connectivity index (χ2v) is 5.74. The molecule has 0 radical (unpaired) electrons. The van der Waals surface area contributed by atoms with E-state index in [0.29, 0.717) is 12.2 Å². The van der Waals surface area contributed by atoms with Crippen LogP contribution in [-0.4, -0.2) is 40.4 Å². The van der Waals surface area contributed by atoms with Crippen LogP contribution in [0.2, 0.25) is 0 Å². The third-order valence-electron chi connectivity index (χ3n) is 3.88. The van der Waals surface area contributed by atoms with E-state index in [1.54, 1.807) is 0 Å². The first kappa shape index (κ1) is 18.1. The van der Waals surface area contributed by atoms with Crippen molar-refractivity contribution in [2.45, 2.75) is 25.1 Å². The van der Waals surface area contributed by atoms with Gasteiger partial charge in [-0.2, -0.15) is 13.2 Å². The van der Waals surface area contributed by atoms with Gasteiger partial charge in [-0.3, -0.25) is 0 Å². The van der Waals surface area contributed by atoms with Crippen molar-refractivity contribution in [3.05, 3.63) is 41.7 Å². The molecule has 0 bridgehead atoms. The zero-order valence-corrected chi connectivity index (χ0v) is 13.5. The summed E-state index contributed by atoms with van der Waals surface area (Å²) in [6.07, 6.45) is -1.57. The third-order valence-corrected chi connectivity index (χ3v) is 3.88. The van der Waals surface area contributed by atoms with E-state index in [2.05, 4.69) is 9.97 Å². The minimum absolute atomic E-state index is 0.118. The van der Waals surface area contributed by atoms with Gasteiger partial charge in [0.25, 0.3) is 0 Å². The van der Waals surface area contributed by atoms with Crippen molar-refractivity contribution in [2.24, 2.45) is 0 Å². The Labute approximate surface area is 146 Å². The first-order valence-electron chi connectivity index (χ1n) is 7.87. The fourth-order valence-corrected chi connectivity index (χ4v) is 2.54. The van der Waals surface area contributed by atoms with Gasteiger partial charge in [0, 0.05) is 12.2 Å². The molecular formula is C17H15F3N2O4. The highest BCUT2D eigenvalue weighted by Gasteiger charge is 2.30. The van der Waals surface area contributed by atoms with Gasteiger partial charge in [-0.15, -0.1) is 0 Å². The molecule has 1 N–H and O–H groups in total. The third kappa shape index (κ3) is 4.10. The van der Waals surface area contributed by atoms with Gasteiger partial charge in [0.15, 0.2) is 0 Å². The summed E-state index contributed by atoms with van der Waals surface area (Å²) in [5.74, 6) is -1.49. The number of benzene rings is 1. The maximum Gasteiger partial charge on any atom is 0.416 e. The molecule has 1 aromatic carbocycles. The Morgan fingerprint density at radius 1 is 1.31 bits per heavy atom. The average Bonchev–Trinajstić information content (AvgIpc) is 3.12. The Balaban J connectivity index is 1.82. The number of ether oxygens (including phenoxy) is 2. The minimum atomic E-state index is -4.45. The lowest BCUT2D eigenvalue weighted by molar-refractivity contribution is -0.137. The second kappa shape index (κ2) is 7.28. The maximum atomic E-state index is 12.6. The van der Waals surface area contributed by atoms with Crippen molar-refractivity contribution in [3.8, 4) is 17.1 Å². The SMILES string of the molecule is O=C(O)c1nc(-c2ccc(C(F)(F)F)cc2)cnc1OC[C@@H]1CCCO1. The van der Waals surface area contributed by atoms with E-state index in [9.17, 15) is 23.1 Å². The Morgan fingerprint density at radius 3 is 2.62 bits per heavy atom. The van der Waals surface area contributed by atoms with Gasteiger partial charge in [0.05, 0.1) is 23.6 Å². The number of carboxylic acids is 1. The minimum Gasteiger partial charge on any atom is -0.476 e. The summed E-state index contributed by atoms with van der Waals surface area (Å²) < 4.78 is 48.7. The molecule has 0 aliphatic carbocycles. The number of halogens is 3. The summed E-state index contributed by atoms with van der Waals surface area (Å²) in [5.41, 5.74) is -0.746. The number of aromatic nitrogens is 2. The van der Waals surface area contributed by atoms with Crippen LogP contribution in [0.25, 0.3) is 11.3 Å². The Kier molecular flexibility index (Phi) is 5.08. The van der Waals surface area contributed by atoms with Crippen molar-refractivity contribution in [3.63, 3.8) is 0 Å². The van der Waals surface area contributed by atoms with Crippen LogP contribution in [0.5, 0.6) is 5.88 Å². The van der Waals surface area contributed by atoms with Crippen LogP contribution in [0.4, 0.5) is 13.2 Å². The molecule has 26 heavy (non-hydrogen) atoms. The fourth-order valence-electron chi connectivity index (χ4n) is 2.54. The molecule has 2 heterocycles. The summed E-state index contributed by atoms with van der Waals surface area (Å²) in [5, 5.41) is 9.32. The fraction of sp³-hybridized carbons (Fsp3) is 0.353. The van der Waals surface area contributed by atoms with Crippen LogP contribution in [0.15, 0.2) is 30.5 Å². The molecular weight excluding hydrogens is 353 g/mol. The van der Waals surface area contributed by atoms with Gasteiger partial charge in [0.1, 0.15) is 6.61 Å². The smallest absolute Gasteiger partial charge is 0.416 e. The number of hydrogen-bond donors (Lipinski definition) is 1. The Morgan fingerprint density at radius 2 is 2.04 bits per heavy atom. The van der Waals surface area contributed by atoms with Gasteiger partial charge < -0.3 is 14.6 Å². The highest BCUT2D eigenvalue weighted by molar-refractivity contribution is 5.88. The molecule has 6 nitrogen and oxygen atoms in total. The molecule has 0 unspecified atom stereocenters. The summed E-state index contributed by atoms with van der Waals surface area (Å²) >= 11 is 0. The lowest BCUT2D eigenvalue weighted by Gasteiger charge is -2.13. The number of aromatic carboxylic acids is 1. The standard InChI is InChI=1S/C17H15F3N2O4/c18-17(19,20)11-5-3-10(4-6-11)13-8-21-15(14(22-13)16(23)24)26-9-12-2-1-7-25-12/h3-6,8,12H,1-2,7,9H2,(H,23,24)/t12-/m0/s1. The van der Waals surface area contributed by atoms with Gasteiger partial charge >= 0.3 is 12.1 Å². The van der Waals surface area contributed by atoms with Crippen LogP contribution in [0.3, 0.4) is 0 Å². The normalized spacial score (nSPS) is 17.3. The lowest BCUT2D eigenvalue weighted by atomic mass is 10.1. The zero-order valence-electron chi connectivity index (χ0n) is 13.5. The monoisotopic (exact) mass is 368 g/mol. The first-order valence-corrected chi connectivity index (χ1v) is 7.87. The number of nitrogens with zero attached hydrogens (tertiary/aromatic N) is 2. The number of hydrogen-bond acceptors (Lipinski definition) is 5. The molecule has 0 amide bonds. The van der Waals surface area contributed by atoms with E-state index in [1.807, 2.05) is 0 Å². The Hall–Kier alpha value is -2.68. The molecule has 3 rings (SSSR count). The molecule has 1 aromatic heterocycles. The van der Waals surface area contributed by atoms with Crippen LogP contribution in [0.1, 0.15) is 28.9 Å². The average molecular weight is 368 g/mol. The van der Waals surface area contributed by atoms with E-state index in [0.717, 1.165) is 25.0 Å². The lowest BCUT2D eigenvalue weighted by Crippen LogP contribution is -2.18. The Bertz CT molecular complexity index is 788. The van der Waals surface area contributed by atoms with Gasteiger partial charge in [-0.25, -0.2) is 14.8 Å². The van der Waals surface area contributed by atoms with E-state index in [4.69, 9.17) is 9.47 Å². The molecule has 1 aliphatic heterocycles. The molecule has 138 valence electrons. The predicted octanol–water partition coefficient (Wildman–Crippen LogP) is 3.42. The van der Waals surface area contributed by atoms with Crippen LogP contribution >= 0.6 is 0 Å². The van der Waals surface area contributed by atoms with Crippen molar-refractivity contribution in [2.75, 3.05) is 13.2 Å². The number of alkyl halides is 3. The van der Waals surface area contributed by atoms with Crippen molar-refractivity contribution >= 4 is 5.97 Å². The van der Waals surface area contributed by atoms with Crippen LogP contribution < -0.4 is 4.74 Å². The highest BCUT2D eigenvalue weighted by atomic mass is 19.4. The summed E-state index contributed by atoms with van der Waals surface area (Å²) in [7, 11) is 0. The molecule has 1 atom stereocenters. The molecule has 1 fully saturated rings. The van der Waals surface area contributed by atoms with E-state index in [-0.39, 0.29) is 24.3 Å². The molecule has 0 spiro atoms. The molecule has 0 saturated carbocycles.